The first kappa shape index (κ1) is 8.98. The van der Waals surface area contributed by atoms with Crippen LogP contribution in [0.3, 0.4) is 0 Å². The molecule has 0 radical (unpaired) electrons. The molecule has 1 aliphatic carbocycles. The van der Waals surface area contributed by atoms with E-state index in [1.54, 1.807) is 0 Å². The van der Waals surface area contributed by atoms with Gasteiger partial charge < -0.3 is 10.7 Å². The van der Waals surface area contributed by atoms with E-state index in [0.717, 1.165) is 6.42 Å². The van der Waals surface area contributed by atoms with E-state index in [0.29, 0.717) is 0 Å². The number of benzene rings is 1. The Morgan fingerprint density at radius 2 is 2.07 bits per heavy atom. The number of aromatic amines is 1. The smallest absolute Gasteiger partial charge is 0.0458 e. The van der Waals surface area contributed by atoms with Crippen LogP contribution in [-0.2, 0) is 6.42 Å². The molecule has 1 heterocycles. The third-order valence-corrected chi connectivity index (χ3v) is 3.45. The van der Waals surface area contributed by atoms with Crippen LogP contribution in [0, 0.1) is 6.92 Å². The first-order valence-electron chi connectivity index (χ1n) is 5.53. The molecular weight excluding hydrogens is 184 g/mol. The number of hydrogen-bond donors (Lipinski definition) is 2. The standard InChI is InChI=1S/C13H16N2/c1-9-11(8-13(14)6-7-13)10-4-2-3-5-12(10)15-9/h2-5,15H,6-8,14H2,1H3. The number of fused-ring (bicyclic) bond motifs is 1. The Kier molecular flexibility index (Phi) is 1.71. The maximum atomic E-state index is 6.18. The van der Waals surface area contributed by atoms with E-state index >= 15 is 0 Å². The summed E-state index contributed by atoms with van der Waals surface area (Å²) in [7, 11) is 0. The van der Waals surface area contributed by atoms with Crippen molar-refractivity contribution >= 4 is 10.9 Å². The minimum atomic E-state index is 0.0930. The zero-order valence-electron chi connectivity index (χ0n) is 9.01. The van der Waals surface area contributed by atoms with Crippen LogP contribution in [0.15, 0.2) is 24.3 Å². The van der Waals surface area contributed by atoms with Crippen LogP contribution in [0.4, 0.5) is 0 Å². The Bertz CT molecular complexity index is 506. The lowest BCUT2D eigenvalue weighted by atomic mass is 10.0. The number of H-pyrrole nitrogens is 1. The van der Waals surface area contributed by atoms with Crippen LogP contribution in [0.2, 0.25) is 0 Å². The normalized spacial score (nSPS) is 18.3. The maximum absolute atomic E-state index is 6.18. The number of aryl methyl sites for hydroxylation is 1. The molecule has 1 fully saturated rings. The number of hydrogen-bond acceptors (Lipinski definition) is 1. The Labute approximate surface area is 89.5 Å². The molecule has 15 heavy (non-hydrogen) atoms. The van der Waals surface area contributed by atoms with Crippen LogP contribution in [0.25, 0.3) is 10.9 Å². The molecule has 0 atom stereocenters. The minimum Gasteiger partial charge on any atom is -0.358 e. The van der Waals surface area contributed by atoms with E-state index in [2.05, 4.69) is 36.2 Å². The van der Waals surface area contributed by atoms with E-state index in [-0.39, 0.29) is 5.54 Å². The van der Waals surface area contributed by atoms with Crippen molar-refractivity contribution in [1.29, 1.82) is 0 Å². The lowest BCUT2D eigenvalue weighted by Crippen LogP contribution is -2.24. The monoisotopic (exact) mass is 200 g/mol. The summed E-state index contributed by atoms with van der Waals surface area (Å²) in [6.45, 7) is 2.14. The quantitative estimate of drug-likeness (QED) is 0.768. The first-order chi connectivity index (χ1) is 7.18. The molecule has 2 heteroatoms. The van der Waals surface area contributed by atoms with Gasteiger partial charge in [0.1, 0.15) is 0 Å². The summed E-state index contributed by atoms with van der Waals surface area (Å²) >= 11 is 0. The van der Waals surface area contributed by atoms with Crippen molar-refractivity contribution in [3.63, 3.8) is 0 Å². The molecular formula is C13H16N2. The van der Waals surface area contributed by atoms with Crippen molar-refractivity contribution in [2.24, 2.45) is 5.73 Å². The lowest BCUT2D eigenvalue weighted by molar-refractivity contribution is 0.672. The van der Waals surface area contributed by atoms with Gasteiger partial charge in [0.05, 0.1) is 0 Å². The van der Waals surface area contributed by atoms with Gasteiger partial charge in [0, 0.05) is 22.1 Å². The second-order valence-electron chi connectivity index (χ2n) is 4.81. The van der Waals surface area contributed by atoms with Gasteiger partial charge in [0.2, 0.25) is 0 Å². The van der Waals surface area contributed by atoms with Gasteiger partial charge in [0.25, 0.3) is 0 Å². The van der Waals surface area contributed by atoms with Crippen LogP contribution < -0.4 is 5.73 Å². The largest absolute Gasteiger partial charge is 0.358 e. The number of rotatable bonds is 2. The number of nitrogens with two attached hydrogens (primary N) is 1. The Morgan fingerprint density at radius 3 is 2.80 bits per heavy atom. The molecule has 0 spiro atoms. The van der Waals surface area contributed by atoms with Gasteiger partial charge in [-0.15, -0.1) is 0 Å². The Balaban J connectivity index is 2.11. The molecule has 3 N–H and O–H groups in total. The van der Waals surface area contributed by atoms with Crippen LogP contribution in [0.1, 0.15) is 24.1 Å². The highest BCUT2D eigenvalue weighted by molar-refractivity contribution is 5.84. The van der Waals surface area contributed by atoms with Crippen molar-refractivity contribution in [2.45, 2.75) is 31.7 Å². The second kappa shape index (κ2) is 2.86. The molecule has 1 aliphatic rings. The highest BCUT2D eigenvalue weighted by atomic mass is 14.8. The Hall–Kier alpha value is -1.28. The predicted octanol–water partition coefficient (Wildman–Crippen LogP) is 2.51. The lowest BCUT2D eigenvalue weighted by Gasteiger charge is -2.08. The van der Waals surface area contributed by atoms with Crippen LogP contribution in [-0.4, -0.2) is 10.5 Å². The maximum Gasteiger partial charge on any atom is 0.0458 e. The van der Waals surface area contributed by atoms with E-state index in [4.69, 9.17) is 5.73 Å². The molecule has 78 valence electrons. The molecule has 0 aliphatic heterocycles. The van der Waals surface area contributed by atoms with Crippen LogP contribution >= 0.6 is 0 Å². The van der Waals surface area contributed by atoms with Crippen molar-refractivity contribution in [3.05, 3.63) is 35.5 Å². The van der Waals surface area contributed by atoms with E-state index in [1.165, 1.54) is 35.0 Å². The van der Waals surface area contributed by atoms with E-state index in [1.807, 2.05) is 0 Å². The molecule has 3 rings (SSSR count). The fourth-order valence-electron chi connectivity index (χ4n) is 2.25. The fraction of sp³-hybridized carbons (Fsp3) is 0.385. The third kappa shape index (κ3) is 1.45. The summed E-state index contributed by atoms with van der Waals surface area (Å²) in [5.74, 6) is 0. The zero-order chi connectivity index (χ0) is 10.5. The van der Waals surface area contributed by atoms with Crippen molar-refractivity contribution in [3.8, 4) is 0 Å². The predicted molar refractivity (Wildman–Crippen MR) is 62.9 cm³/mol. The average Bonchev–Trinajstić information content (AvgIpc) is 2.86. The zero-order valence-corrected chi connectivity index (χ0v) is 9.01. The van der Waals surface area contributed by atoms with Gasteiger partial charge in [0.15, 0.2) is 0 Å². The molecule has 0 amide bonds. The third-order valence-electron chi connectivity index (χ3n) is 3.45. The number of para-hydroxylation sites is 1. The number of aromatic nitrogens is 1. The summed E-state index contributed by atoms with van der Waals surface area (Å²) in [5.41, 5.74) is 10.2. The van der Waals surface area contributed by atoms with Gasteiger partial charge in [-0.25, -0.2) is 0 Å². The average molecular weight is 200 g/mol. The molecule has 2 nitrogen and oxygen atoms in total. The first-order valence-corrected chi connectivity index (χ1v) is 5.53. The van der Waals surface area contributed by atoms with E-state index in [9.17, 15) is 0 Å². The fourth-order valence-corrected chi connectivity index (χ4v) is 2.25. The van der Waals surface area contributed by atoms with Crippen molar-refractivity contribution < 1.29 is 0 Å². The summed E-state index contributed by atoms with van der Waals surface area (Å²) in [5, 5.41) is 1.34. The molecule has 1 aromatic carbocycles. The molecule has 2 aromatic rings. The van der Waals surface area contributed by atoms with Crippen LogP contribution in [0.5, 0.6) is 0 Å². The second-order valence-corrected chi connectivity index (χ2v) is 4.81. The van der Waals surface area contributed by atoms with Gasteiger partial charge in [-0.3, -0.25) is 0 Å². The highest BCUT2D eigenvalue weighted by Gasteiger charge is 2.38. The summed E-state index contributed by atoms with van der Waals surface area (Å²) in [6, 6.07) is 8.47. The summed E-state index contributed by atoms with van der Waals surface area (Å²) < 4.78 is 0. The summed E-state index contributed by atoms with van der Waals surface area (Å²) in [6.07, 6.45) is 3.36. The molecule has 0 bridgehead atoms. The van der Waals surface area contributed by atoms with Crippen molar-refractivity contribution in [1.82, 2.24) is 4.98 Å². The van der Waals surface area contributed by atoms with Gasteiger partial charge >= 0.3 is 0 Å². The molecule has 1 saturated carbocycles. The summed E-state index contributed by atoms with van der Waals surface area (Å²) in [4.78, 5) is 3.42. The number of nitrogens with one attached hydrogen (secondary N) is 1. The topological polar surface area (TPSA) is 41.8 Å². The van der Waals surface area contributed by atoms with E-state index < -0.39 is 0 Å². The Morgan fingerprint density at radius 1 is 1.33 bits per heavy atom. The SMILES string of the molecule is Cc1[nH]c2ccccc2c1CC1(N)CC1. The highest BCUT2D eigenvalue weighted by Crippen LogP contribution is 2.38. The van der Waals surface area contributed by atoms with Gasteiger partial charge in [-0.2, -0.15) is 0 Å². The van der Waals surface area contributed by atoms with Gasteiger partial charge in [-0.05, 0) is 37.8 Å². The van der Waals surface area contributed by atoms with Gasteiger partial charge in [-0.1, -0.05) is 18.2 Å². The molecule has 1 aromatic heterocycles. The van der Waals surface area contributed by atoms with Crippen molar-refractivity contribution in [2.75, 3.05) is 0 Å². The minimum absolute atomic E-state index is 0.0930. The molecule has 0 saturated heterocycles. The molecule has 0 unspecified atom stereocenters.